The number of carboxylic acid groups (broad SMARTS) is 1. The quantitative estimate of drug-likeness (QED) is 0.864. The van der Waals surface area contributed by atoms with E-state index < -0.39 is 5.97 Å². The molecule has 1 unspecified atom stereocenters. The smallest absolute Gasteiger partial charge is 0.354 e. The number of nitrogens with one attached hydrogen (secondary N) is 1. The SMILES string of the molecule is O=C(O)c1cccc2nc(CC3CCCCN3)nn12. The van der Waals surface area contributed by atoms with Gasteiger partial charge in [-0.3, -0.25) is 0 Å². The zero-order chi connectivity index (χ0) is 13.2. The number of carbonyl (C=O) groups is 1. The summed E-state index contributed by atoms with van der Waals surface area (Å²) >= 11 is 0. The summed E-state index contributed by atoms with van der Waals surface area (Å²) in [7, 11) is 0. The Morgan fingerprint density at radius 3 is 3.11 bits per heavy atom. The third-order valence-electron chi connectivity index (χ3n) is 3.46. The lowest BCUT2D eigenvalue weighted by Gasteiger charge is -2.21. The summed E-state index contributed by atoms with van der Waals surface area (Å²) in [5.74, 6) is -0.286. The first-order chi connectivity index (χ1) is 9.24. The van der Waals surface area contributed by atoms with E-state index in [0.29, 0.717) is 17.5 Å². The van der Waals surface area contributed by atoms with E-state index in [2.05, 4.69) is 15.4 Å². The molecule has 1 saturated heterocycles. The van der Waals surface area contributed by atoms with Crippen LogP contribution in [-0.4, -0.2) is 38.3 Å². The molecule has 0 aliphatic carbocycles. The van der Waals surface area contributed by atoms with E-state index in [1.54, 1.807) is 12.1 Å². The standard InChI is InChI=1S/C13H16N4O2/c18-13(19)10-5-3-6-12-15-11(16-17(10)12)8-9-4-1-2-7-14-9/h3,5-6,9,14H,1-2,4,7-8H2,(H,18,19). The van der Waals surface area contributed by atoms with Crippen LogP contribution >= 0.6 is 0 Å². The third-order valence-corrected chi connectivity index (χ3v) is 3.46. The van der Waals surface area contributed by atoms with E-state index in [9.17, 15) is 4.79 Å². The van der Waals surface area contributed by atoms with E-state index in [-0.39, 0.29) is 5.69 Å². The van der Waals surface area contributed by atoms with Gasteiger partial charge in [-0.25, -0.2) is 14.3 Å². The summed E-state index contributed by atoms with van der Waals surface area (Å²) in [5, 5.41) is 16.9. The molecule has 19 heavy (non-hydrogen) atoms. The predicted octanol–water partition coefficient (Wildman–Crippen LogP) is 1.11. The molecule has 3 heterocycles. The first-order valence-electron chi connectivity index (χ1n) is 6.55. The van der Waals surface area contributed by atoms with Crippen LogP contribution in [0.2, 0.25) is 0 Å². The van der Waals surface area contributed by atoms with Gasteiger partial charge in [0.05, 0.1) is 0 Å². The molecule has 1 aliphatic rings. The topological polar surface area (TPSA) is 79.5 Å². The Morgan fingerprint density at radius 2 is 2.37 bits per heavy atom. The molecule has 6 nitrogen and oxygen atoms in total. The Balaban J connectivity index is 1.88. The highest BCUT2D eigenvalue weighted by Gasteiger charge is 2.17. The van der Waals surface area contributed by atoms with Gasteiger partial charge in [0.15, 0.2) is 17.2 Å². The molecule has 0 saturated carbocycles. The van der Waals surface area contributed by atoms with Crippen molar-refractivity contribution in [3.8, 4) is 0 Å². The molecule has 6 heteroatoms. The fourth-order valence-electron chi connectivity index (χ4n) is 2.52. The Morgan fingerprint density at radius 1 is 1.47 bits per heavy atom. The maximum atomic E-state index is 11.1. The van der Waals surface area contributed by atoms with Crippen molar-refractivity contribution in [1.29, 1.82) is 0 Å². The second kappa shape index (κ2) is 4.97. The Bertz CT molecular complexity index is 602. The lowest BCUT2D eigenvalue weighted by molar-refractivity contribution is 0.0687. The minimum Gasteiger partial charge on any atom is -0.477 e. The monoisotopic (exact) mass is 260 g/mol. The van der Waals surface area contributed by atoms with Crippen LogP contribution in [0.15, 0.2) is 18.2 Å². The summed E-state index contributed by atoms with van der Waals surface area (Å²) in [6, 6.07) is 5.40. The first-order valence-corrected chi connectivity index (χ1v) is 6.55. The number of nitrogens with zero attached hydrogens (tertiary/aromatic N) is 3. The number of fused-ring (bicyclic) bond motifs is 1. The maximum absolute atomic E-state index is 11.1. The van der Waals surface area contributed by atoms with Crippen LogP contribution in [0.5, 0.6) is 0 Å². The van der Waals surface area contributed by atoms with Crippen LogP contribution in [0.3, 0.4) is 0 Å². The van der Waals surface area contributed by atoms with E-state index in [1.807, 2.05) is 0 Å². The van der Waals surface area contributed by atoms with Gasteiger partial charge in [-0.2, -0.15) is 5.10 Å². The molecule has 1 fully saturated rings. The molecule has 100 valence electrons. The van der Waals surface area contributed by atoms with Gasteiger partial charge < -0.3 is 10.4 Å². The highest BCUT2D eigenvalue weighted by Crippen LogP contribution is 2.12. The number of aromatic carboxylic acids is 1. The van der Waals surface area contributed by atoms with Crippen LogP contribution in [0, 0.1) is 0 Å². The number of pyridine rings is 1. The van der Waals surface area contributed by atoms with Crippen LogP contribution in [0.4, 0.5) is 0 Å². The van der Waals surface area contributed by atoms with Gasteiger partial charge in [0.2, 0.25) is 0 Å². The zero-order valence-electron chi connectivity index (χ0n) is 10.5. The highest BCUT2D eigenvalue weighted by atomic mass is 16.4. The molecular formula is C13H16N4O2. The highest BCUT2D eigenvalue weighted by molar-refractivity contribution is 5.86. The molecular weight excluding hydrogens is 244 g/mol. The van der Waals surface area contributed by atoms with E-state index in [1.165, 1.54) is 23.4 Å². The van der Waals surface area contributed by atoms with Gasteiger partial charge in [0.25, 0.3) is 0 Å². The summed E-state index contributed by atoms with van der Waals surface area (Å²) in [6.45, 7) is 1.04. The maximum Gasteiger partial charge on any atom is 0.354 e. The van der Waals surface area contributed by atoms with Gasteiger partial charge in [0, 0.05) is 12.5 Å². The zero-order valence-corrected chi connectivity index (χ0v) is 10.5. The molecule has 1 atom stereocenters. The van der Waals surface area contributed by atoms with Crippen molar-refractivity contribution < 1.29 is 9.90 Å². The lowest BCUT2D eigenvalue weighted by atomic mass is 10.0. The van der Waals surface area contributed by atoms with Crippen molar-refractivity contribution in [1.82, 2.24) is 19.9 Å². The van der Waals surface area contributed by atoms with Crippen LogP contribution < -0.4 is 5.32 Å². The van der Waals surface area contributed by atoms with Gasteiger partial charge in [0.1, 0.15) is 0 Å². The molecule has 0 amide bonds. The van der Waals surface area contributed by atoms with Crippen molar-refractivity contribution >= 4 is 11.6 Å². The fraction of sp³-hybridized carbons (Fsp3) is 0.462. The van der Waals surface area contributed by atoms with Crippen LogP contribution in [0.25, 0.3) is 5.65 Å². The number of aromatic nitrogens is 3. The van der Waals surface area contributed by atoms with E-state index in [0.717, 1.165) is 19.4 Å². The fourth-order valence-corrected chi connectivity index (χ4v) is 2.52. The number of carboxylic acids is 1. The minimum absolute atomic E-state index is 0.146. The predicted molar refractivity (Wildman–Crippen MR) is 69.3 cm³/mol. The largest absolute Gasteiger partial charge is 0.477 e. The average Bonchev–Trinajstić information content (AvgIpc) is 2.81. The van der Waals surface area contributed by atoms with Crippen molar-refractivity contribution in [2.75, 3.05) is 6.54 Å². The summed E-state index contributed by atoms with van der Waals surface area (Å²) in [4.78, 5) is 15.5. The van der Waals surface area contributed by atoms with E-state index >= 15 is 0 Å². The summed E-state index contributed by atoms with van der Waals surface area (Å²) < 4.78 is 1.40. The van der Waals surface area contributed by atoms with Crippen LogP contribution in [0.1, 0.15) is 35.6 Å². The van der Waals surface area contributed by atoms with Gasteiger partial charge in [-0.05, 0) is 31.5 Å². The van der Waals surface area contributed by atoms with Crippen molar-refractivity contribution in [3.05, 3.63) is 29.7 Å². The molecule has 0 bridgehead atoms. The molecule has 3 rings (SSSR count). The van der Waals surface area contributed by atoms with Gasteiger partial charge in [-0.15, -0.1) is 0 Å². The molecule has 2 aromatic rings. The molecule has 2 aromatic heterocycles. The lowest BCUT2D eigenvalue weighted by Crippen LogP contribution is -2.35. The van der Waals surface area contributed by atoms with E-state index in [4.69, 9.17) is 5.11 Å². The summed E-state index contributed by atoms with van der Waals surface area (Å²) in [5.41, 5.74) is 0.735. The first kappa shape index (κ1) is 12.1. The number of piperidine rings is 1. The second-order valence-electron chi connectivity index (χ2n) is 4.87. The number of hydrogen-bond acceptors (Lipinski definition) is 4. The Labute approximate surface area is 110 Å². The average molecular weight is 260 g/mol. The Kier molecular flexibility index (Phi) is 3.16. The van der Waals surface area contributed by atoms with Gasteiger partial charge in [-0.1, -0.05) is 12.5 Å². The minimum atomic E-state index is -0.988. The summed E-state index contributed by atoms with van der Waals surface area (Å²) in [6.07, 6.45) is 4.33. The third kappa shape index (κ3) is 2.44. The molecule has 2 N–H and O–H groups in total. The van der Waals surface area contributed by atoms with Crippen molar-refractivity contribution in [2.45, 2.75) is 31.7 Å². The molecule has 1 aliphatic heterocycles. The Hall–Kier alpha value is -1.95. The molecule has 0 radical (unpaired) electrons. The number of rotatable bonds is 3. The second-order valence-corrected chi connectivity index (χ2v) is 4.87. The normalized spacial score (nSPS) is 19.7. The molecule has 0 spiro atoms. The van der Waals surface area contributed by atoms with Crippen molar-refractivity contribution in [2.24, 2.45) is 0 Å². The van der Waals surface area contributed by atoms with Crippen molar-refractivity contribution in [3.63, 3.8) is 0 Å². The molecule has 0 aromatic carbocycles. The van der Waals surface area contributed by atoms with Gasteiger partial charge >= 0.3 is 5.97 Å². The van der Waals surface area contributed by atoms with Crippen LogP contribution in [-0.2, 0) is 6.42 Å². The number of hydrogen-bond donors (Lipinski definition) is 2.